The normalized spacial score (nSPS) is 8.85. The van der Waals surface area contributed by atoms with Crippen molar-refractivity contribution in [2.24, 2.45) is 0 Å². The molecule has 3 heteroatoms. The van der Waals surface area contributed by atoms with Crippen LogP contribution in [0, 0.1) is 11.3 Å². The SMILES string of the molecule is C=CCOc1ccc(O)c(C#N)c1. The molecule has 0 bridgehead atoms. The summed E-state index contributed by atoms with van der Waals surface area (Å²) < 4.78 is 5.17. The van der Waals surface area contributed by atoms with Gasteiger partial charge in [0, 0.05) is 6.07 Å². The fraction of sp³-hybridized carbons (Fsp3) is 0.100. The summed E-state index contributed by atoms with van der Waals surface area (Å²) >= 11 is 0. The average Bonchev–Trinajstić information content (AvgIpc) is 2.16. The number of aromatic hydroxyl groups is 1. The van der Waals surface area contributed by atoms with Gasteiger partial charge in [0.05, 0.1) is 5.56 Å². The summed E-state index contributed by atoms with van der Waals surface area (Å²) in [5.41, 5.74) is 0.210. The molecule has 0 radical (unpaired) electrons. The highest BCUT2D eigenvalue weighted by Crippen LogP contribution is 2.21. The molecule has 0 spiro atoms. The molecule has 0 aliphatic heterocycles. The van der Waals surface area contributed by atoms with Gasteiger partial charge in [0.25, 0.3) is 0 Å². The smallest absolute Gasteiger partial charge is 0.133 e. The van der Waals surface area contributed by atoms with Gasteiger partial charge in [0.2, 0.25) is 0 Å². The summed E-state index contributed by atoms with van der Waals surface area (Å²) in [6, 6.07) is 6.37. The number of rotatable bonds is 3. The zero-order valence-electron chi connectivity index (χ0n) is 7.03. The van der Waals surface area contributed by atoms with Crippen molar-refractivity contribution in [1.82, 2.24) is 0 Å². The summed E-state index contributed by atoms with van der Waals surface area (Å²) in [7, 11) is 0. The molecule has 0 fully saturated rings. The highest BCUT2D eigenvalue weighted by Gasteiger charge is 2.01. The van der Waals surface area contributed by atoms with Gasteiger partial charge in [0.15, 0.2) is 0 Å². The number of ether oxygens (including phenoxy) is 1. The standard InChI is InChI=1S/C10H9NO2/c1-2-5-13-9-3-4-10(12)8(6-9)7-11/h2-4,6,12H,1,5H2. The Morgan fingerprint density at radius 1 is 1.62 bits per heavy atom. The molecule has 0 unspecified atom stereocenters. The lowest BCUT2D eigenvalue weighted by Gasteiger charge is -2.03. The first-order chi connectivity index (χ1) is 6.27. The lowest BCUT2D eigenvalue weighted by Crippen LogP contribution is -1.92. The van der Waals surface area contributed by atoms with Crippen LogP contribution >= 0.6 is 0 Å². The highest BCUT2D eigenvalue weighted by atomic mass is 16.5. The van der Waals surface area contributed by atoms with E-state index in [1.807, 2.05) is 6.07 Å². The Labute approximate surface area is 76.5 Å². The lowest BCUT2D eigenvalue weighted by atomic mass is 10.2. The molecule has 0 aliphatic carbocycles. The van der Waals surface area contributed by atoms with Crippen molar-refractivity contribution in [3.8, 4) is 17.6 Å². The lowest BCUT2D eigenvalue weighted by molar-refractivity contribution is 0.362. The van der Waals surface area contributed by atoms with Crippen molar-refractivity contribution < 1.29 is 9.84 Å². The molecule has 0 saturated heterocycles. The number of nitrogens with zero attached hydrogens (tertiary/aromatic N) is 1. The van der Waals surface area contributed by atoms with Crippen LogP contribution in [0.3, 0.4) is 0 Å². The summed E-state index contributed by atoms with van der Waals surface area (Å²) in [5, 5.41) is 17.7. The molecule has 13 heavy (non-hydrogen) atoms. The summed E-state index contributed by atoms with van der Waals surface area (Å²) in [6.45, 7) is 3.88. The van der Waals surface area contributed by atoms with E-state index in [-0.39, 0.29) is 11.3 Å². The van der Waals surface area contributed by atoms with Crippen LogP contribution in [-0.4, -0.2) is 11.7 Å². The van der Waals surface area contributed by atoms with Gasteiger partial charge >= 0.3 is 0 Å². The molecular weight excluding hydrogens is 166 g/mol. The Morgan fingerprint density at radius 2 is 2.38 bits per heavy atom. The van der Waals surface area contributed by atoms with Gasteiger partial charge in [-0.2, -0.15) is 5.26 Å². The van der Waals surface area contributed by atoms with Gasteiger partial charge < -0.3 is 9.84 Å². The molecule has 0 amide bonds. The second-order valence-corrected chi connectivity index (χ2v) is 2.39. The predicted octanol–water partition coefficient (Wildman–Crippen LogP) is 1.83. The van der Waals surface area contributed by atoms with Gasteiger partial charge in [-0.05, 0) is 12.1 Å². The maximum atomic E-state index is 9.16. The van der Waals surface area contributed by atoms with Crippen LogP contribution < -0.4 is 4.74 Å². The third-order valence-electron chi connectivity index (χ3n) is 1.46. The Morgan fingerprint density at radius 3 is 3.00 bits per heavy atom. The van der Waals surface area contributed by atoms with Crippen molar-refractivity contribution in [2.45, 2.75) is 0 Å². The maximum Gasteiger partial charge on any atom is 0.133 e. The molecule has 1 N–H and O–H groups in total. The fourth-order valence-corrected chi connectivity index (χ4v) is 0.850. The molecule has 1 rings (SSSR count). The molecule has 0 heterocycles. The van der Waals surface area contributed by atoms with Crippen LogP contribution in [0.5, 0.6) is 11.5 Å². The maximum absolute atomic E-state index is 9.16. The van der Waals surface area contributed by atoms with E-state index in [9.17, 15) is 0 Å². The van der Waals surface area contributed by atoms with Gasteiger partial charge in [-0.3, -0.25) is 0 Å². The van der Waals surface area contributed by atoms with E-state index in [0.29, 0.717) is 12.4 Å². The first-order valence-electron chi connectivity index (χ1n) is 3.74. The van der Waals surface area contributed by atoms with Crippen LogP contribution in [0.4, 0.5) is 0 Å². The van der Waals surface area contributed by atoms with Gasteiger partial charge in [0.1, 0.15) is 24.2 Å². The summed E-state index contributed by atoms with van der Waals surface area (Å²) in [4.78, 5) is 0. The van der Waals surface area contributed by atoms with E-state index >= 15 is 0 Å². The van der Waals surface area contributed by atoms with Gasteiger partial charge in [-0.1, -0.05) is 12.7 Å². The summed E-state index contributed by atoms with van der Waals surface area (Å²) in [5.74, 6) is 0.516. The van der Waals surface area contributed by atoms with Crippen molar-refractivity contribution in [3.63, 3.8) is 0 Å². The molecule has 3 nitrogen and oxygen atoms in total. The van der Waals surface area contributed by atoms with Crippen molar-refractivity contribution in [3.05, 3.63) is 36.4 Å². The molecule has 0 atom stereocenters. The van der Waals surface area contributed by atoms with E-state index in [2.05, 4.69) is 6.58 Å². The van der Waals surface area contributed by atoms with Crippen molar-refractivity contribution in [2.75, 3.05) is 6.61 Å². The first-order valence-corrected chi connectivity index (χ1v) is 3.74. The Bertz CT molecular complexity index is 352. The van der Waals surface area contributed by atoms with E-state index in [0.717, 1.165) is 0 Å². The minimum absolute atomic E-state index is 0.0338. The van der Waals surface area contributed by atoms with Crippen LogP contribution in [-0.2, 0) is 0 Å². The van der Waals surface area contributed by atoms with Crippen LogP contribution in [0.1, 0.15) is 5.56 Å². The van der Waals surface area contributed by atoms with Crippen molar-refractivity contribution in [1.29, 1.82) is 5.26 Å². The number of benzene rings is 1. The number of hydrogen-bond acceptors (Lipinski definition) is 3. The molecule has 0 aliphatic rings. The fourth-order valence-electron chi connectivity index (χ4n) is 0.850. The zero-order valence-corrected chi connectivity index (χ0v) is 7.03. The van der Waals surface area contributed by atoms with Crippen LogP contribution in [0.2, 0.25) is 0 Å². The van der Waals surface area contributed by atoms with Crippen LogP contribution in [0.15, 0.2) is 30.9 Å². The predicted molar refractivity (Wildman–Crippen MR) is 48.5 cm³/mol. The van der Waals surface area contributed by atoms with E-state index in [1.54, 1.807) is 12.1 Å². The van der Waals surface area contributed by atoms with Gasteiger partial charge in [-0.25, -0.2) is 0 Å². The Hall–Kier alpha value is -1.95. The third-order valence-corrected chi connectivity index (χ3v) is 1.46. The molecular formula is C10H9NO2. The molecule has 0 saturated carbocycles. The first kappa shape index (κ1) is 9.14. The molecule has 1 aromatic rings. The van der Waals surface area contributed by atoms with Crippen molar-refractivity contribution >= 4 is 0 Å². The Balaban J connectivity index is 2.87. The monoisotopic (exact) mass is 175 g/mol. The second kappa shape index (κ2) is 4.17. The van der Waals surface area contributed by atoms with Crippen LogP contribution in [0.25, 0.3) is 0 Å². The Kier molecular flexibility index (Phi) is 2.93. The number of phenolic OH excluding ortho intramolecular Hbond substituents is 1. The average molecular weight is 175 g/mol. The molecule has 0 aromatic heterocycles. The topological polar surface area (TPSA) is 53.2 Å². The number of nitriles is 1. The number of phenols is 1. The second-order valence-electron chi connectivity index (χ2n) is 2.39. The van der Waals surface area contributed by atoms with E-state index in [4.69, 9.17) is 15.1 Å². The molecule has 1 aromatic carbocycles. The zero-order chi connectivity index (χ0) is 9.68. The molecule has 66 valence electrons. The quantitative estimate of drug-likeness (QED) is 0.713. The highest BCUT2D eigenvalue weighted by molar-refractivity contribution is 5.46. The minimum Gasteiger partial charge on any atom is -0.507 e. The number of hydrogen-bond donors (Lipinski definition) is 1. The minimum atomic E-state index is -0.0338. The third kappa shape index (κ3) is 2.24. The van der Waals surface area contributed by atoms with E-state index < -0.39 is 0 Å². The van der Waals surface area contributed by atoms with Gasteiger partial charge in [-0.15, -0.1) is 0 Å². The van der Waals surface area contributed by atoms with E-state index in [1.165, 1.54) is 12.1 Å². The largest absolute Gasteiger partial charge is 0.507 e. The summed E-state index contributed by atoms with van der Waals surface area (Å²) in [6.07, 6.45) is 1.61.